The third-order valence-corrected chi connectivity index (χ3v) is 3.84. The SMILES string of the molecule is CCN(Cc1nc(Cl)c2ccsc2n1)CC(C)(C)O. The standard InChI is InChI=1S/C13H18ClN3OS/c1-4-17(8-13(2,3)18)7-10-15-11(14)9-5-6-19-12(9)16-10/h5-6,18H,4,7-8H2,1-3H3. The molecule has 6 heteroatoms. The van der Waals surface area contributed by atoms with Crippen molar-refractivity contribution in [2.24, 2.45) is 0 Å². The number of hydrogen-bond acceptors (Lipinski definition) is 5. The lowest BCUT2D eigenvalue weighted by molar-refractivity contribution is 0.0346. The van der Waals surface area contributed by atoms with E-state index < -0.39 is 5.60 Å². The van der Waals surface area contributed by atoms with Crippen LogP contribution in [0.1, 0.15) is 26.6 Å². The van der Waals surface area contributed by atoms with E-state index in [9.17, 15) is 5.11 Å². The van der Waals surface area contributed by atoms with Crippen molar-refractivity contribution < 1.29 is 5.11 Å². The molecule has 0 atom stereocenters. The van der Waals surface area contributed by atoms with Gasteiger partial charge >= 0.3 is 0 Å². The van der Waals surface area contributed by atoms with Gasteiger partial charge in [-0.05, 0) is 31.8 Å². The van der Waals surface area contributed by atoms with Crippen LogP contribution in [0, 0.1) is 0 Å². The fourth-order valence-electron chi connectivity index (χ4n) is 1.96. The summed E-state index contributed by atoms with van der Waals surface area (Å²) in [5, 5.41) is 13.2. The van der Waals surface area contributed by atoms with Crippen molar-refractivity contribution >= 4 is 33.2 Å². The zero-order valence-corrected chi connectivity index (χ0v) is 12.9. The van der Waals surface area contributed by atoms with E-state index in [0.29, 0.717) is 24.1 Å². The monoisotopic (exact) mass is 299 g/mol. The molecule has 2 rings (SSSR count). The Balaban J connectivity index is 2.19. The average molecular weight is 300 g/mol. The van der Waals surface area contributed by atoms with Crippen molar-refractivity contribution in [3.8, 4) is 0 Å². The Morgan fingerprint density at radius 1 is 1.42 bits per heavy atom. The summed E-state index contributed by atoms with van der Waals surface area (Å²) in [6.45, 7) is 7.64. The molecule has 2 aromatic heterocycles. The summed E-state index contributed by atoms with van der Waals surface area (Å²) >= 11 is 7.71. The van der Waals surface area contributed by atoms with Crippen LogP contribution in [0.15, 0.2) is 11.4 Å². The topological polar surface area (TPSA) is 49.2 Å². The molecule has 0 saturated carbocycles. The van der Waals surface area contributed by atoms with Crippen LogP contribution < -0.4 is 0 Å². The van der Waals surface area contributed by atoms with Gasteiger partial charge in [0, 0.05) is 11.9 Å². The van der Waals surface area contributed by atoms with E-state index in [1.807, 2.05) is 11.4 Å². The van der Waals surface area contributed by atoms with Crippen LogP contribution in [-0.4, -0.2) is 38.7 Å². The number of likely N-dealkylation sites (N-methyl/N-ethyl adjacent to an activating group) is 1. The van der Waals surface area contributed by atoms with Crippen LogP contribution in [-0.2, 0) is 6.54 Å². The van der Waals surface area contributed by atoms with Crippen LogP contribution in [0.3, 0.4) is 0 Å². The lowest BCUT2D eigenvalue weighted by atomic mass is 10.1. The lowest BCUT2D eigenvalue weighted by Crippen LogP contribution is -2.38. The summed E-state index contributed by atoms with van der Waals surface area (Å²) in [5.41, 5.74) is -0.729. The first-order chi connectivity index (χ1) is 8.89. The van der Waals surface area contributed by atoms with Gasteiger partial charge in [-0.1, -0.05) is 18.5 Å². The fourth-order valence-corrected chi connectivity index (χ4v) is 3.05. The van der Waals surface area contributed by atoms with Crippen molar-refractivity contribution in [3.05, 3.63) is 22.4 Å². The summed E-state index contributed by atoms with van der Waals surface area (Å²) in [7, 11) is 0. The van der Waals surface area contributed by atoms with Crippen LogP contribution in [0.4, 0.5) is 0 Å². The molecule has 0 radical (unpaired) electrons. The first-order valence-corrected chi connectivity index (χ1v) is 7.49. The summed E-state index contributed by atoms with van der Waals surface area (Å²) < 4.78 is 0. The highest BCUT2D eigenvalue weighted by atomic mass is 35.5. The Morgan fingerprint density at radius 3 is 2.79 bits per heavy atom. The van der Waals surface area contributed by atoms with Crippen LogP contribution in [0.2, 0.25) is 5.15 Å². The van der Waals surface area contributed by atoms with E-state index in [4.69, 9.17) is 11.6 Å². The minimum absolute atomic E-state index is 0.501. The summed E-state index contributed by atoms with van der Waals surface area (Å²) in [6.07, 6.45) is 0. The highest BCUT2D eigenvalue weighted by Crippen LogP contribution is 2.25. The highest BCUT2D eigenvalue weighted by molar-refractivity contribution is 7.16. The second-order valence-corrected chi connectivity index (χ2v) is 6.44. The second kappa shape index (κ2) is 5.71. The van der Waals surface area contributed by atoms with Gasteiger partial charge < -0.3 is 5.11 Å². The number of aliphatic hydroxyl groups is 1. The van der Waals surface area contributed by atoms with Gasteiger partial charge in [-0.3, -0.25) is 4.90 Å². The van der Waals surface area contributed by atoms with E-state index in [2.05, 4.69) is 21.8 Å². The molecule has 19 heavy (non-hydrogen) atoms. The minimum atomic E-state index is -0.729. The molecule has 4 nitrogen and oxygen atoms in total. The molecule has 0 unspecified atom stereocenters. The number of thiophene rings is 1. The van der Waals surface area contributed by atoms with Gasteiger partial charge in [-0.25, -0.2) is 9.97 Å². The Morgan fingerprint density at radius 2 is 2.16 bits per heavy atom. The molecule has 0 aliphatic carbocycles. The number of aromatic nitrogens is 2. The zero-order valence-electron chi connectivity index (χ0n) is 11.4. The van der Waals surface area contributed by atoms with Crippen molar-refractivity contribution in [2.75, 3.05) is 13.1 Å². The summed E-state index contributed by atoms with van der Waals surface area (Å²) in [5.74, 6) is 0.700. The highest BCUT2D eigenvalue weighted by Gasteiger charge is 2.18. The number of nitrogens with zero attached hydrogens (tertiary/aromatic N) is 3. The summed E-state index contributed by atoms with van der Waals surface area (Å²) in [4.78, 5) is 11.9. The van der Waals surface area contributed by atoms with Crippen molar-refractivity contribution in [2.45, 2.75) is 32.9 Å². The molecule has 104 valence electrons. The summed E-state index contributed by atoms with van der Waals surface area (Å²) in [6, 6.07) is 1.93. The first-order valence-electron chi connectivity index (χ1n) is 6.23. The average Bonchev–Trinajstić information content (AvgIpc) is 2.74. The van der Waals surface area contributed by atoms with E-state index in [1.54, 1.807) is 25.2 Å². The van der Waals surface area contributed by atoms with Crippen LogP contribution >= 0.6 is 22.9 Å². The molecule has 0 aliphatic rings. The maximum atomic E-state index is 9.88. The maximum Gasteiger partial charge on any atom is 0.145 e. The molecule has 1 N–H and O–H groups in total. The molecule has 0 amide bonds. The van der Waals surface area contributed by atoms with Gasteiger partial charge in [0.2, 0.25) is 0 Å². The van der Waals surface area contributed by atoms with E-state index in [0.717, 1.165) is 16.8 Å². The van der Waals surface area contributed by atoms with E-state index in [-0.39, 0.29) is 0 Å². The molecule has 2 aromatic rings. The second-order valence-electron chi connectivity index (χ2n) is 5.19. The molecular formula is C13H18ClN3OS. The first kappa shape index (κ1) is 14.7. The third kappa shape index (κ3) is 3.86. The van der Waals surface area contributed by atoms with Crippen LogP contribution in [0.25, 0.3) is 10.2 Å². The Bertz CT molecular complexity index is 565. The molecule has 0 saturated heterocycles. The Labute approximate surface area is 122 Å². The lowest BCUT2D eigenvalue weighted by Gasteiger charge is -2.27. The maximum absolute atomic E-state index is 9.88. The van der Waals surface area contributed by atoms with E-state index >= 15 is 0 Å². The fraction of sp³-hybridized carbons (Fsp3) is 0.538. The van der Waals surface area contributed by atoms with Crippen molar-refractivity contribution in [3.63, 3.8) is 0 Å². The Hall–Kier alpha value is -0.750. The Kier molecular flexibility index (Phi) is 4.40. The smallest absolute Gasteiger partial charge is 0.145 e. The van der Waals surface area contributed by atoms with Gasteiger partial charge in [0.05, 0.1) is 12.1 Å². The van der Waals surface area contributed by atoms with E-state index in [1.165, 1.54) is 0 Å². The van der Waals surface area contributed by atoms with Crippen LogP contribution in [0.5, 0.6) is 0 Å². The molecule has 0 bridgehead atoms. The zero-order chi connectivity index (χ0) is 14.0. The predicted octanol–water partition coefficient (Wildman–Crippen LogP) is 2.94. The number of rotatable bonds is 5. The normalized spacial score (nSPS) is 12.5. The molecule has 0 fully saturated rings. The van der Waals surface area contributed by atoms with Gasteiger partial charge in [0.15, 0.2) is 0 Å². The third-order valence-electron chi connectivity index (χ3n) is 2.75. The molecule has 0 aromatic carbocycles. The van der Waals surface area contributed by atoms with Gasteiger partial charge in [0.25, 0.3) is 0 Å². The minimum Gasteiger partial charge on any atom is -0.389 e. The quantitative estimate of drug-likeness (QED) is 0.863. The molecule has 2 heterocycles. The molecule has 0 aliphatic heterocycles. The van der Waals surface area contributed by atoms with Gasteiger partial charge in [0.1, 0.15) is 15.8 Å². The number of fused-ring (bicyclic) bond motifs is 1. The molecule has 0 spiro atoms. The number of halogens is 1. The van der Waals surface area contributed by atoms with Crippen molar-refractivity contribution in [1.82, 2.24) is 14.9 Å². The van der Waals surface area contributed by atoms with Crippen molar-refractivity contribution in [1.29, 1.82) is 0 Å². The predicted molar refractivity (Wildman–Crippen MR) is 79.7 cm³/mol. The largest absolute Gasteiger partial charge is 0.389 e. The van der Waals surface area contributed by atoms with Gasteiger partial charge in [-0.15, -0.1) is 11.3 Å². The number of hydrogen-bond donors (Lipinski definition) is 1. The molecular weight excluding hydrogens is 282 g/mol. The van der Waals surface area contributed by atoms with Gasteiger partial charge in [-0.2, -0.15) is 0 Å².